The van der Waals surface area contributed by atoms with Crippen LogP contribution in [0.4, 0.5) is 0 Å². The highest BCUT2D eigenvalue weighted by atomic mass is 32.1. The van der Waals surface area contributed by atoms with Crippen molar-refractivity contribution in [2.24, 2.45) is 5.73 Å². The van der Waals surface area contributed by atoms with Crippen molar-refractivity contribution in [1.82, 2.24) is 10.3 Å². The maximum atomic E-state index is 6.20. The van der Waals surface area contributed by atoms with Gasteiger partial charge in [0.25, 0.3) is 0 Å². The largest absolute Gasteiger partial charge is 0.324 e. The molecule has 0 amide bonds. The second-order valence-electron chi connectivity index (χ2n) is 4.62. The molecule has 2 unspecified atom stereocenters. The zero-order valence-corrected chi connectivity index (χ0v) is 11.3. The van der Waals surface area contributed by atoms with Crippen molar-refractivity contribution in [2.75, 3.05) is 6.54 Å². The Morgan fingerprint density at radius 2 is 2.31 bits per heavy atom. The van der Waals surface area contributed by atoms with Crippen molar-refractivity contribution < 1.29 is 0 Å². The number of nitrogens with one attached hydrogen (secondary N) is 1. The Morgan fingerprint density at radius 3 is 2.81 bits per heavy atom. The van der Waals surface area contributed by atoms with E-state index in [1.165, 1.54) is 0 Å². The van der Waals surface area contributed by atoms with E-state index in [0.717, 1.165) is 30.8 Å². The Balaban J connectivity index is 2.46. The Labute approximate surface area is 102 Å². The van der Waals surface area contributed by atoms with Gasteiger partial charge in [0.15, 0.2) is 0 Å². The number of hydrogen-bond donors (Lipinski definition) is 2. The van der Waals surface area contributed by atoms with Crippen LogP contribution in [0, 0.1) is 0 Å². The van der Waals surface area contributed by atoms with E-state index in [9.17, 15) is 0 Å². The number of aromatic nitrogens is 1. The first-order valence-corrected chi connectivity index (χ1v) is 6.88. The fraction of sp³-hybridized carbons (Fsp3) is 0.750. The quantitative estimate of drug-likeness (QED) is 0.771. The molecule has 0 aromatic carbocycles. The van der Waals surface area contributed by atoms with E-state index in [0.29, 0.717) is 6.04 Å². The van der Waals surface area contributed by atoms with Gasteiger partial charge in [0.05, 0.1) is 6.04 Å². The lowest BCUT2D eigenvalue weighted by molar-refractivity contribution is 0.367. The summed E-state index contributed by atoms with van der Waals surface area (Å²) in [6, 6.07) is 0.347. The monoisotopic (exact) mass is 241 g/mol. The second kappa shape index (κ2) is 6.33. The van der Waals surface area contributed by atoms with Crippen LogP contribution in [0.3, 0.4) is 0 Å². The molecular weight excluding hydrogens is 218 g/mol. The van der Waals surface area contributed by atoms with Crippen molar-refractivity contribution in [3.63, 3.8) is 0 Å². The Hall–Kier alpha value is -0.450. The lowest BCUT2D eigenvalue weighted by Gasteiger charge is -2.27. The summed E-state index contributed by atoms with van der Waals surface area (Å²) in [5.41, 5.74) is 6.09. The van der Waals surface area contributed by atoms with Crippen LogP contribution in [0.2, 0.25) is 0 Å². The second-order valence-corrected chi connectivity index (χ2v) is 5.54. The summed E-state index contributed by atoms with van der Waals surface area (Å²) < 4.78 is 0. The van der Waals surface area contributed by atoms with Crippen molar-refractivity contribution in [1.29, 1.82) is 0 Å². The van der Waals surface area contributed by atoms with Gasteiger partial charge in [-0.05, 0) is 19.8 Å². The van der Waals surface area contributed by atoms with Crippen molar-refractivity contribution in [3.8, 4) is 0 Å². The molecule has 4 heteroatoms. The third kappa shape index (κ3) is 4.20. The van der Waals surface area contributed by atoms with Gasteiger partial charge in [-0.1, -0.05) is 20.3 Å². The van der Waals surface area contributed by atoms with Gasteiger partial charge < -0.3 is 11.1 Å². The van der Waals surface area contributed by atoms with Gasteiger partial charge in [0.2, 0.25) is 0 Å². The van der Waals surface area contributed by atoms with Crippen LogP contribution in [-0.2, 0) is 0 Å². The van der Waals surface area contributed by atoms with E-state index in [2.05, 4.69) is 31.1 Å². The topological polar surface area (TPSA) is 50.9 Å². The molecule has 0 aliphatic heterocycles. The molecule has 3 nitrogen and oxygen atoms in total. The average Bonchev–Trinajstić information content (AvgIpc) is 2.72. The molecular formula is C12H23N3S. The lowest BCUT2D eigenvalue weighted by Crippen LogP contribution is -2.46. The Kier molecular flexibility index (Phi) is 5.38. The fourth-order valence-corrected chi connectivity index (χ4v) is 2.63. The summed E-state index contributed by atoms with van der Waals surface area (Å²) in [7, 11) is 0. The molecule has 92 valence electrons. The van der Waals surface area contributed by atoms with E-state index < -0.39 is 0 Å². The van der Waals surface area contributed by atoms with Gasteiger partial charge in [-0.25, -0.2) is 4.98 Å². The number of thiazole rings is 1. The lowest BCUT2D eigenvalue weighted by atomic mass is 9.97. The molecule has 1 aromatic heterocycles. The van der Waals surface area contributed by atoms with Gasteiger partial charge in [0, 0.05) is 23.7 Å². The highest BCUT2D eigenvalue weighted by Gasteiger charge is 2.20. The van der Waals surface area contributed by atoms with Crippen LogP contribution >= 0.6 is 11.3 Å². The van der Waals surface area contributed by atoms with Crippen molar-refractivity contribution in [3.05, 3.63) is 16.6 Å². The summed E-state index contributed by atoms with van der Waals surface area (Å²) >= 11 is 1.71. The third-order valence-corrected chi connectivity index (χ3v) is 3.62. The Bertz CT molecular complexity index is 282. The first-order chi connectivity index (χ1) is 7.59. The minimum atomic E-state index is -0.112. The molecule has 0 radical (unpaired) electrons. The molecule has 2 atom stereocenters. The van der Waals surface area contributed by atoms with E-state index in [-0.39, 0.29) is 5.54 Å². The summed E-state index contributed by atoms with van der Waals surface area (Å²) in [5.74, 6) is 0. The maximum absolute atomic E-state index is 6.20. The molecule has 0 spiro atoms. The number of nitrogens with two attached hydrogens (primary N) is 1. The molecule has 1 aromatic rings. The van der Waals surface area contributed by atoms with E-state index >= 15 is 0 Å². The van der Waals surface area contributed by atoms with Crippen LogP contribution in [0.25, 0.3) is 0 Å². The molecule has 0 aliphatic rings. The normalized spacial score (nSPS) is 17.0. The molecule has 3 N–H and O–H groups in total. The van der Waals surface area contributed by atoms with Gasteiger partial charge in [0.1, 0.15) is 5.01 Å². The van der Waals surface area contributed by atoms with Crippen LogP contribution in [-0.4, -0.2) is 17.1 Å². The maximum Gasteiger partial charge on any atom is 0.109 e. The van der Waals surface area contributed by atoms with Gasteiger partial charge >= 0.3 is 0 Å². The van der Waals surface area contributed by atoms with Crippen LogP contribution in [0.1, 0.15) is 51.1 Å². The first kappa shape index (κ1) is 13.6. The molecule has 16 heavy (non-hydrogen) atoms. The smallest absolute Gasteiger partial charge is 0.109 e. The van der Waals surface area contributed by atoms with Crippen LogP contribution in [0.5, 0.6) is 0 Å². The Morgan fingerprint density at radius 1 is 1.56 bits per heavy atom. The van der Waals surface area contributed by atoms with Crippen molar-refractivity contribution >= 4 is 11.3 Å². The predicted octanol–water partition coefficient (Wildman–Crippen LogP) is 2.70. The highest BCUT2D eigenvalue weighted by molar-refractivity contribution is 7.09. The molecule has 0 saturated carbocycles. The minimum Gasteiger partial charge on any atom is -0.324 e. The number of nitrogens with zero attached hydrogens (tertiary/aromatic N) is 1. The zero-order valence-electron chi connectivity index (χ0n) is 10.5. The summed E-state index contributed by atoms with van der Waals surface area (Å²) in [5, 5.41) is 6.70. The van der Waals surface area contributed by atoms with Crippen LogP contribution in [0.15, 0.2) is 11.6 Å². The molecule has 0 aliphatic carbocycles. The summed E-state index contributed by atoms with van der Waals surface area (Å²) in [6.07, 6.45) is 5.09. The fourth-order valence-electron chi connectivity index (χ4n) is 1.83. The summed E-state index contributed by atoms with van der Waals surface area (Å²) in [6.45, 7) is 7.30. The van der Waals surface area contributed by atoms with E-state index in [1.54, 1.807) is 11.3 Å². The van der Waals surface area contributed by atoms with Crippen molar-refractivity contribution in [2.45, 2.75) is 51.6 Å². The van der Waals surface area contributed by atoms with Crippen LogP contribution < -0.4 is 11.1 Å². The summed E-state index contributed by atoms with van der Waals surface area (Å²) in [4.78, 5) is 4.35. The molecule has 1 rings (SSSR count). The highest BCUT2D eigenvalue weighted by Crippen LogP contribution is 2.19. The first-order valence-electron chi connectivity index (χ1n) is 6.00. The zero-order chi connectivity index (χ0) is 12.0. The third-order valence-electron chi connectivity index (χ3n) is 2.73. The minimum absolute atomic E-state index is 0.112. The standard InChI is InChI=1S/C12H23N3S/c1-4-6-12(3,13)9-15-10(5-2)11-14-7-8-16-11/h7-8,10,15H,4-6,9,13H2,1-3H3. The van der Waals surface area contributed by atoms with Gasteiger partial charge in [-0.3, -0.25) is 0 Å². The number of rotatable bonds is 7. The SMILES string of the molecule is CCCC(C)(N)CNC(CC)c1nccs1. The van der Waals surface area contributed by atoms with Gasteiger partial charge in [-0.15, -0.1) is 11.3 Å². The van der Waals surface area contributed by atoms with E-state index in [4.69, 9.17) is 5.73 Å². The molecule has 0 bridgehead atoms. The number of hydrogen-bond acceptors (Lipinski definition) is 4. The molecule has 0 fully saturated rings. The van der Waals surface area contributed by atoms with E-state index in [1.807, 2.05) is 11.6 Å². The van der Waals surface area contributed by atoms with Gasteiger partial charge in [-0.2, -0.15) is 0 Å². The molecule has 0 saturated heterocycles. The average molecular weight is 241 g/mol. The molecule has 1 heterocycles. The predicted molar refractivity (Wildman–Crippen MR) is 70.6 cm³/mol.